The molecular formula is C16H15F3N8. The van der Waals surface area contributed by atoms with Gasteiger partial charge < -0.3 is 4.98 Å². The van der Waals surface area contributed by atoms with Crippen molar-refractivity contribution in [1.29, 1.82) is 0 Å². The van der Waals surface area contributed by atoms with Crippen LogP contribution in [-0.4, -0.2) is 39.5 Å². The number of nitrogens with zero attached hydrogens (tertiary/aromatic N) is 6. The van der Waals surface area contributed by atoms with Gasteiger partial charge in [0.15, 0.2) is 5.82 Å². The lowest BCUT2D eigenvalue weighted by Crippen LogP contribution is -2.17. The number of nitrogens with one attached hydrogen (secondary N) is 2. The van der Waals surface area contributed by atoms with Crippen molar-refractivity contribution in [3.63, 3.8) is 0 Å². The molecular weight excluding hydrogens is 361 g/mol. The van der Waals surface area contributed by atoms with Crippen LogP contribution in [0.25, 0.3) is 28.7 Å². The van der Waals surface area contributed by atoms with Crippen LogP contribution >= 0.6 is 0 Å². The molecule has 8 nitrogen and oxygen atoms in total. The van der Waals surface area contributed by atoms with Gasteiger partial charge in [-0.25, -0.2) is 19.9 Å². The fourth-order valence-electron chi connectivity index (χ4n) is 2.85. The van der Waals surface area contributed by atoms with Crippen LogP contribution in [0.5, 0.6) is 0 Å². The number of alkyl halides is 3. The molecule has 0 bridgehead atoms. The summed E-state index contributed by atoms with van der Waals surface area (Å²) in [7, 11) is 0. The first-order valence-corrected chi connectivity index (χ1v) is 8.03. The highest BCUT2D eigenvalue weighted by atomic mass is 19.4. The second-order valence-electron chi connectivity index (χ2n) is 7.00. The number of aromatic nitrogens is 8. The Balaban J connectivity index is 2.05. The van der Waals surface area contributed by atoms with Crippen LogP contribution < -0.4 is 0 Å². The lowest BCUT2D eigenvalue weighted by atomic mass is 9.91. The van der Waals surface area contributed by atoms with Crippen LogP contribution in [0, 0.1) is 0 Å². The minimum absolute atomic E-state index is 0.0997. The predicted molar refractivity (Wildman–Crippen MR) is 89.6 cm³/mol. The maximum Gasteiger partial charge on any atom is 0.453 e. The van der Waals surface area contributed by atoms with Gasteiger partial charge in [0.05, 0.1) is 18.2 Å². The fraction of sp³-hybridized carbons (Fsp3) is 0.312. The number of fused-ring (bicyclic) bond motifs is 1. The summed E-state index contributed by atoms with van der Waals surface area (Å²) in [5.74, 6) is -1.02. The molecule has 0 saturated heterocycles. The molecule has 0 unspecified atom stereocenters. The van der Waals surface area contributed by atoms with Crippen molar-refractivity contribution in [2.75, 3.05) is 0 Å². The molecule has 0 fully saturated rings. The summed E-state index contributed by atoms with van der Waals surface area (Å²) in [5.41, 5.74) is 1.89. The van der Waals surface area contributed by atoms with Gasteiger partial charge in [-0.2, -0.15) is 13.2 Å². The lowest BCUT2D eigenvalue weighted by Gasteiger charge is -2.21. The van der Waals surface area contributed by atoms with Gasteiger partial charge in [0.2, 0.25) is 5.78 Å². The van der Waals surface area contributed by atoms with Crippen molar-refractivity contribution in [1.82, 2.24) is 39.5 Å². The number of hydrogen-bond acceptors (Lipinski definition) is 5. The molecule has 4 heterocycles. The summed E-state index contributed by atoms with van der Waals surface area (Å²) in [6.45, 7) is 6.07. The molecule has 11 heteroatoms. The molecule has 0 aromatic carbocycles. The summed E-state index contributed by atoms with van der Waals surface area (Å²) in [6, 6.07) is 1.85. The molecule has 0 aliphatic heterocycles. The standard InChI is InChI=1S/C16H15F3N8/c1-15(2,3)9-4-5-21-14-23-10(11(27(9)14)8-6-20-7-22-8)12-24-13(26-25-12)16(17,18)19/h4-7H,1-3H3,(H,20,22)(H,24,25,26). The van der Waals surface area contributed by atoms with E-state index in [2.05, 4.69) is 35.1 Å². The van der Waals surface area contributed by atoms with Crippen molar-refractivity contribution < 1.29 is 13.2 Å². The Hall–Kier alpha value is -3.24. The van der Waals surface area contributed by atoms with Gasteiger partial charge >= 0.3 is 6.18 Å². The summed E-state index contributed by atoms with van der Waals surface area (Å²) >= 11 is 0. The van der Waals surface area contributed by atoms with Gasteiger partial charge in [0.1, 0.15) is 11.4 Å². The van der Waals surface area contributed by atoms with Crippen molar-refractivity contribution in [3.8, 4) is 22.9 Å². The highest BCUT2D eigenvalue weighted by Crippen LogP contribution is 2.34. The maximum absolute atomic E-state index is 12.9. The Bertz CT molecular complexity index is 1100. The van der Waals surface area contributed by atoms with Gasteiger partial charge in [-0.3, -0.25) is 9.50 Å². The van der Waals surface area contributed by atoms with E-state index in [1.165, 1.54) is 6.33 Å². The van der Waals surface area contributed by atoms with Crippen LogP contribution in [-0.2, 0) is 11.6 Å². The van der Waals surface area contributed by atoms with E-state index < -0.39 is 12.0 Å². The zero-order chi connectivity index (χ0) is 19.4. The monoisotopic (exact) mass is 376 g/mol. The van der Waals surface area contributed by atoms with Crippen LogP contribution in [0.2, 0.25) is 0 Å². The minimum atomic E-state index is -4.66. The molecule has 2 N–H and O–H groups in total. The molecule has 140 valence electrons. The minimum Gasteiger partial charge on any atom is -0.343 e. The third-order valence-corrected chi connectivity index (χ3v) is 4.01. The average Bonchev–Trinajstić information content (AvgIpc) is 3.30. The molecule has 0 amide bonds. The molecule has 27 heavy (non-hydrogen) atoms. The van der Waals surface area contributed by atoms with Gasteiger partial charge in [0.25, 0.3) is 5.82 Å². The van der Waals surface area contributed by atoms with E-state index in [1.807, 2.05) is 26.8 Å². The second kappa shape index (κ2) is 5.63. The number of halogens is 3. The van der Waals surface area contributed by atoms with E-state index in [0.717, 1.165) is 5.69 Å². The highest BCUT2D eigenvalue weighted by molar-refractivity contribution is 5.76. The number of hydrogen-bond donors (Lipinski definition) is 2. The summed E-state index contributed by atoms with van der Waals surface area (Å²) in [5, 5.41) is 5.60. The third-order valence-electron chi connectivity index (χ3n) is 4.01. The smallest absolute Gasteiger partial charge is 0.343 e. The van der Waals surface area contributed by atoms with E-state index in [-0.39, 0.29) is 16.9 Å². The first-order valence-electron chi connectivity index (χ1n) is 8.03. The number of rotatable bonds is 2. The fourth-order valence-corrected chi connectivity index (χ4v) is 2.85. The highest BCUT2D eigenvalue weighted by Gasteiger charge is 2.37. The molecule has 0 saturated carbocycles. The molecule has 0 aliphatic rings. The molecule has 0 atom stereocenters. The normalized spacial score (nSPS) is 12.8. The Morgan fingerprint density at radius 1 is 1.11 bits per heavy atom. The van der Waals surface area contributed by atoms with E-state index in [9.17, 15) is 13.2 Å². The number of imidazole rings is 2. The Morgan fingerprint density at radius 3 is 2.48 bits per heavy atom. The molecule has 4 aromatic rings. The maximum atomic E-state index is 12.9. The molecule has 0 radical (unpaired) electrons. The Morgan fingerprint density at radius 2 is 1.89 bits per heavy atom. The van der Waals surface area contributed by atoms with E-state index >= 15 is 0 Å². The van der Waals surface area contributed by atoms with E-state index in [0.29, 0.717) is 17.2 Å². The molecule has 0 aliphatic carbocycles. The van der Waals surface area contributed by atoms with Gasteiger partial charge in [-0.05, 0) is 6.07 Å². The Labute approximate surface area is 150 Å². The predicted octanol–water partition coefficient (Wildman–Crippen LogP) is 3.22. The molecule has 0 spiro atoms. The van der Waals surface area contributed by atoms with E-state index in [4.69, 9.17) is 0 Å². The summed E-state index contributed by atoms with van der Waals surface area (Å²) in [6.07, 6.45) is 0.00242. The van der Waals surface area contributed by atoms with Gasteiger partial charge in [-0.1, -0.05) is 20.8 Å². The summed E-state index contributed by atoms with van der Waals surface area (Å²) < 4.78 is 40.5. The van der Waals surface area contributed by atoms with Crippen LogP contribution in [0.1, 0.15) is 32.3 Å². The number of aromatic amines is 2. The quantitative estimate of drug-likeness (QED) is 0.559. The molecule has 4 aromatic heterocycles. The van der Waals surface area contributed by atoms with Gasteiger partial charge in [-0.15, -0.1) is 5.10 Å². The van der Waals surface area contributed by atoms with Crippen molar-refractivity contribution >= 4 is 5.78 Å². The average molecular weight is 376 g/mol. The summed E-state index contributed by atoms with van der Waals surface area (Å²) in [4.78, 5) is 19.2. The topological polar surface area (TPSA) is 100 Å². The number of H-pyrrole nitrogens is 2. The van der Waals surface area contributed by atoms with E-state index in [1.54, 1.807) is 16.8 Å². The van der Waals surface area contributed by atoms with Crippen molar-refractivity contribution in [3.05, 3.63) is 36.3 Å². The van der Waals surface area contributed by atoms with Crippen molar-refractivity contribution in [2.24, 2.45) is 0 Å². The first kappa shape index (κ1) is 17.2. The SMILES string of the molecule is CC(C)(C)c1ccnc2nc(-c3nc(C(F)(F)F)n[nH]3)c(-c3cnc[nH]3)n12. The zero-order valence-corrected chi connectivity index (χ0v) is 14.6. The Kier molecular flexibility index (Phi) is 3.58. The third kappa shape index (κ3) is 2.84. The largest absolute Gasteiger partial charge is 0.453 e. The lowest BCUT2D eigenvalue weighted by molar-refractivity contribution is -0.144. The second-order valence-corrected chi connectivity index (χ2v) is 7.00. The molecule has 4 rings (SSSR count). The van der Waals surface area contributed by atoms with Gasteiger partial charge in [0, 0.05) is 17.3 Å². The zero-order valence-electron chi connectivity index (χ0n) is 14.6. The van der Waals surface area contributed by atoms with Crippen LogP contribution in [0.3, 0.4) is 0 Å². The van der Waals surface area contributed by atoms with Crippen LogP contribution in [0.4, 0.5) is 13.2 Å². The first-order chi connectivity index (χ1) is 12.7. The van der Waals surface area contributed by atoms with Crippen LogP contribution in [0.15, 0.2) is 24.8 Å². The van der Waals surface area contributed by atoms with Crippen molar-refractivity contribution in [2.45, 2.75) is 32.4 Å².